The Bertz CT molecular complexity index is 1900. The zero-order chi connectivity index (χ0) is 33.2. The second kappa shape index (κ2) is 15.9. The predicted molar refractivity (Wildman–Crippen MR) is 188 cm³/mol. The SMILES string of the molecule is COc1cccc(/C=C(\NC(=O)c2ccccc2)C(=O)Nc2ccc(SC(C(=O)Nc3ccc(Br)cc3F)c3ccccc3)cc2)c1. The van der Waals surface area contributed by atoms with Gasteiger partial charge in [0.25, 0.3) is 11.8 Å². The summed E-state index contributed by atoms with van der Waals surface area (Å²) in [5.41, 5.74) is 2.39. The van der Waals surface area contributed by atoms with Gasteiger partial charge in [-0.25, -0.2) is 4.39 Å². The fourth-order valence-corrected chi connectivity index (χ4v) is 5.84. The van der Waals surface area contributed by atoms with Gasteiger partial charge >= 0.3 is 0 Å². The van der Waals surface area contributed by atoms with E-state index in [0.29, 0.717) is 27.0 Å². The number of halogens is 2. The lowest BCUT2D eigenvalue weighted by molar-refractivity contribution is -0.116. The van der Waals surface area contributed by atoms with Gasteiger partial charge in [-0.15, -0.1) is 11.8 Å². The average molecular weight is 711 g/mol. The molecule has 0 saturated heterocycles. The van der Waals surface area contributed by atoms with Crippen LogP contribution in [-0.2, 0) is 9.59 Å². The number of methoxy groups -OCH3 is 1. The van der Waals surface area contributed by atoms with Gasteiger partial charge in [0, 0.05) is 20.6 Å². The zero-order valence-electron chi connectivity index (χ0n) is 25.1. The maximum absolute atomic E-state index is 14.5. The van der Waals surface area contributed by atoms with Crippen molar-refractivity contribution in [3.8, 4) is 5.75 Å². The Morgan fingerprint density at radius 1 is 0.809 bits per heavy atom. The summed E-state index contributed by atoms with van der Waals surface area (Å²) >= 11 is 4.52. The normalized spacial score (nSPS) is 11.7. The molecule has 0 aliphatic carbocycles. The molecule has 47 heavy (non-hydrogen) atoms. The Labute approximate surface area is 284 Å². The summed E-state index contributed by atoms with van der Waals surface area (Å²) < 4.78 is 20.4. The van der Waals surface area contributed by atoms with Crippen molar-refractivity contribution in [3.63, 3.8) is 0 Å². The van der Waals surface area contributed by atoms with Crippen molar-refractivity contribution in [2.45, 2.75) is 10.1 Å². The van der Waals surface area contributed by atoms with Crippen LogP contribution in [0.4, 0.5) is 15.8 Å². The van der Waals surface area contributed by atoms with Crippen molar-refractivity contribution in [3.05, 3.63) is 160 Å². The Hall–Kier alpha value is -5.19. The minimum Gasteiger partial charge on any atom is -0.497 e. The van der Waals surface area contributed by atoms with Crippen LogP contribution in [0.2, 0.25) is 0 Å². The molecular formula is C37H29BrFN3O4S. The second-order valence-corrected chi connectivity index (χ2v) is 12.2. The molecule has 3 amide bonds. The number of hydrogen-bond donors (Lipinski definition) is 3. The van der Waals surface area contributed by atoms with E-state index >= 15 is 0 Å². The minimum atomic E-state index is -0.690. The van der Waals surface area contributed by atoms with Gasteiger partial charge in [-0.1, -0.05) is 76.6 Å². The summed E-state index contributed by atoms with van der Waals surface area (Å²) in [5.74, 6) is -1.30. The number of anilines is 2. The van der Waals surface area contributed by atoms with Crippen LogP contribution in [0.1, 0.15) is 26.7 Å². The van der Waals surface area contributed by atoms with E-state index in [9.17, 15) is 18.8 Å². The van der Waals surface area contributed by atoms with Gasteiger partial charge in [0.1, 0.15) is 22.5 Å². The molecule has 0 bridgehead atoms. The molecule has 0 heterocycles. The highest BCUT2D eigenvalue weighted by Crippen LogP contribution is 2.37. The number of rotatable bonds is 11. The molecule has 10 heteroatoms. The molecule has 0 spiro atoms. The van der Waals surface area contributed by atoms with Gasteiger partial charge in [0.2, 0.25) is 5.91 Å². The summed E-state index contributed by atoms with van der Waals surface area (Å²) in [4.78, 5) is 40.6. The molecule has 5 aromatic carbocycles. The van der Waals surface area contributed by atoms with Crippen LogP contribution in [0.5, 0.6) is 5.75 Å². The van der Waals surface area contributed by atoms with E-state index in [1.165, 1.54) is 23.9 Å². The third kappa shape index (κ3) is 9.18. The Kier molecular flexibility index (Phi) is 11.2. The third-order valence-corrected chi connectivity index (χ3v) is 8.59. The van der Waals surface area contributed by atoms with Crippen molar-refractivity contribution < 1.29 is 23.5 Å². The lowest BCUT2D eigenvalue weighted by atomic mass is 10.1. The summed E-state index contributed by atoms with van der Waals surface area (Å²) in [6.45, 7) is 0. The maximum Gasteiger partial charge on any atom is 0.272 e. The number of ether oxygens (including phenoxy) is 1. The lowest BCUT2D eigenvalue weighted by Gasteiger charge is -2.18. The first-order chi connectivity index (χ1) is 22.8. The minimum absolute atomic E-state index is 0.0338. The van der Waals surface area contributed by atoms with E-state index < -0.39 is 22.9 Å². The van der Waals surface area contributed by atoms with Crippen molar-refractivity contribution >= 4 is 62.9 Å². The highest BCUT2D eigenvalue weighted by molar-refractivity contribution is 9.10. The second-order valence-electron chi connectivity index (χ2n) is 10.2. The standard InChI is InChI=1S/C37H29BrFN3O4S/c1-46-29-14-8-9-24(21-29)22-33(42-35(43)26-12-6-3-7-13-26)36(44)40-28-16-18-30(19-17-28)47-34(25-10-4-2-5-11-25)37(45)41-32-20-15-27(38)23-31(32)39/h2-23,34H,1H3,(H,40,44)(H,41,45)(H,42,43)/b33-22-. The van der Waals surface area contributed by atoms with Gasteiger partial charge in [-0.05, 0) is 83.9 Å². The molecule has 7 nitrogen and oxygen atoms in total. The number of benzene rings is 5. The van der Waals surface area contributed by atoms with Crippen LogP contribution in [0.3, 0.4) is 0 Å². The third-order valence-electron chi connectivity index (χ3n) is 6.83. The Balaban J connectivity index is 1.34. The molecule has 0 radical (unpaired) electrons. The smallest absolute Gasteiger partial charge is 0.272 e. The first-order valence-electron chi connectivity index (χ1n) is 14.4. The number of carbonyl (C=O) groups excluding carboxylic acids is 3. The number of carbonyl (C=O) groups is 3. The quantitative estimate of drug-likeness (QED) is 0.0945. The van der Waals surface area contributed by atoms with Gasteiger partial charge in [-0.2, -0.15) is 0 Å². The molecule has 0 fully saturated rings. The number of nitrogens with one attached hydrogen (secondary N) is 3. The van der Waals surface area contributed by atoms with Gasteiger partial charge in [0.15, 0.2) is 0 Å². The van der Waals surface area contributed by atoms with E-state index in [2.05, 4.69) is 31.9 Å². The topological polar surface area (TPSA) is 96.5 Å². The van der Waals surface area contributed by atoms with Crippen LogP contribution >= 0.6 is 27.7 Å². The Morgan fingerprint density at radius 3 is 2.19 bits per heavy atom. The van der Waals surface area contributed by atoms with E-state index in [0.717, 1.165) is 10.5 Å². The van der Waals surface area contributed by atoms with Crippen LogP contribution in [0.15, 0.2) is 142 Å². The molecule has 1 atom stereocenters. The number of thioether (sulfide) groups is 1. The molecule has 5 aromatic rings. The fraction of sp³-hybridized carbons (Fsp3) is 0.0541. The van der Waals surface area contributed by atoms with E-state index in [4.69, 9.17) is 4.74 Å². The number of hydrogen-bond acceptors (Lipinski definition) is 5. The van der Waals surface area contributed by atoms with Crippen LogP contribution in [-0.4, -0.2) is 24.8 Å². The maximum atomic E-state index is 14.5. The van der Waals surface area contributed by atoms with Crippen LogP contribution in [0.25, 0.3) is 6.08 Å². The summed E-state index contributed by atoms with van der Waals surface area (Å²) in [5, 5.41) is 7.57. The molecule has 5 rings (SSSR count). The molecule has 0 saturated carbocycles. The molecule has 3 N–H and O–H groups in total. The molecule has 0 aromatic heterocycles. The summed E-state index contributed by atoms with van der Waals surface area (Å²) in [7, 11) is 1.55. The highest BCUT2D eigenvalue weighted by atomic mass is 79.9. The van der Waals surface area contributed by atoms with Crippen molar-refractivity contribution in [1.29, 1.82) is 0 Å². The molecule has 0 aliphatic rings. The van der Waals surface area contributed by atoms with Gasteiger partial charge in [0.05, 0.1) is 12.8 Å². The van der Waals surface area contributed by atoms with Crippen molar-refractivity contribution in [2.75, 3.05) is 17.7 Å². The molecule has 1 unspecified atom stereocenters. The van der Waals surface area contributed by atoms with E-state index in [-0.39, 0.29) is 17.3 Å². The monoisotopic (exact) mass is 709 g/mol. The van der Waals surface area contributed by atoms with Crippen molar-refractivity contribution in [1.82, 2.24) is 5.32 Å². The van der Waals surface area contributed by atoms with E-state index in [1.54, 1.807) is 98.1 Å². The molecular weight excluding hydrogens is 681 g/mol. The first kappa shape index (κ1) is 33.2. The number of amides is 3. The van der Waals surface area contributed by atoms with Crippen molar-refractivity contribution in [2.24, 2.45) is 0 Å². The summed E-state index contributed by atoms with van der Waals surface area (Å²) in [6.07, 6.45) is 1.57. The highest BCUT2D eigenvalue weighted by Gasteiger charge is 2.23. The average Bonchev–Trinajstić information content (AvgIpc) is 3.09. The van der Waals surface area contributed by atoms with E-state index in [1.807, 2.05) is 30.3 Å². The summed E-state index contributed by atoms with van der Waals surface area (Å²) in [6, 6.07) is 36.3. The molecule has 236 valence electrons. The van der Waals surface area contributed by atoms with Crippen LogP contribution < -0.4 is 20.7 Å². The zero-order valence-corrected chi connectivity index (χ0v) is 27.5. The molecule has 0 aliphatic heterocycles. The van der Waals surface area contributed by atoms with Gasteiger partial charge < -0.3 is 20.7 Å². The van der Waals surface area contributed by atoms with Crippen LogP contribution in [0, 0.1) is 5.82 Å². The first-order valence-corrected chi connectivity index (χ1v) is 16.1. The lowest BCUT2D eigenvalue weighted by Crippen LogP contribution is -2.30. The predicted octanol–water partition coefficient (Wildman–Crippen LogP) is 8.48. The van der Waals surface area contributed by atoms with Gasteiger partial charge in [-0.3, -0.25) is 14.4 Å². The Morgan fingerprint density at radius 2 is 1.51 bits per heavy atom. The fourth-order valence-electron chi connectivity index (χ4n) is 4.48. The largest absolute Gasteiger partial charge is 0.497 e.